The van der Waals surface area contributed by atoms with E-state index in [9.17, 15) is 14.4 Å². The van der Waals surface area contributed by atoms with Crippen LogP contribution in [0.1, 0.15) is 31.1 Å². The summed E-state index contributed by atoms with van der Waals surface area (Å²) >= 11 is -2.77. The second-order valence-corrected chi connectivity index (χ2v) is 9.07. The molecule has 0 N–H and O–H groups in total. The molecular formula is C15H18INO5. The van der Waals surface area contributed by atoms with E-state index >= 15 is 0 Å². The number of methoxy groups -OCH3 is 1. The van der Waals surface area contributed by atoms with Gasteiger partial charge < -0.3 is 0 Å². The van der Waals surface area contributed by atoms with Crippen molar-refractivity contribution in [2.45, 2.75) is 26.8 Å². The van der Waals surface area contributed by atoms with Crippen molar-refractivity contribution in [1.82, 2.24) is 3.11 Å². The van der Waals surface area contributed by atoms with Crippen molar-refractivity contribution in [2.75, 3.05) is 7.11 Å². The van der Waals surface area contributed by atoms with Gasteiger partial charge in [-0.1, -0.05) is 0 Å². The van der Waals surface area contributed by atoms with E-state index in [0.29, 0.717) is 5.56 Å². The van der Waals surface area contributed by atoms with E-state index in [1.807, 2.05) is 13.8 Å². The fourth-order valence-corrected chi connectivity index (χ4v) is 7.30. The van der Waals surface area contributed by atoms with E-state index in [1.165, 1.54) is 17.1 Å². The molecule has 6 nitrogen and oxygen atoms in total. The van der Waals surface area contributed by atoms with Gasteiger partial charge in [-0.25, -0.2) is 0 Å². The van der Waals surface area contributed by atoms with Gasteiger partial charge in [0, 0.05) is 0 Å². The van der Waals surface area contributed by atoms with E-state index in [4.69, 9.17) is 7.80 Å². The zero-order valence-electron chi connectivity index (χ0n) is 12.8. The van der Waals surface area contributed by atoms with Crippen LogP contribution >= 0.6 is 20.5 Å². The zero-order chi connectivity index (χ0) is 16.4. The van der Waals surface area contributed by atoms with Crippen molar-refractivity contribution in [3.8, 4) is 0 Å². The first-order valence-electron chi connectivity index (χ1n) is 6.78. The number of halogens is 1. The molecule has 2 rings (SSSR count). The molecule has 1 aromatic rings. The quantitative estimate of drug-likeness (QED) is 0.426. The Morgan fingerprint density at radius 2 is 1.86 bits per heavy atom. The summed E-state index contributed by atoms with van der Waals surface area (Å²) in [5, 5.41) is 0. The van der Waals surface area contributed by atoms with Crippen LogP contribution in [0.3, 0.4) is 0 Å². The normalized spacial score (nSPS) is 16.5. The van der Waals surface area contributed by atoms with E-state index in [2.05, 4.69) is 0 Å². The molecular weight excluding hydrogens is 401 g/mol. The number of nitrogens with zero attached hydrogens (tertiary/aromatic N) is 1. The van der Waals surface area contributed by atoms with Crippen LogP contribution in [-0.2, 0) is 17.4 Å². The number of esters is 1. The van der Waals surface area contributed by atoms with Crippen LogP contribution in [0.2, 0.25) is 0 Å². The molecule has 0 aliphatic carbocycles. The molecule has 22 heavy (non-hydrogen) atoms. The molecule has 0 saturated carbocycles. The zero-order valence-corrected chi connectivity index (χ0v) is 15.0. The van der Waals surface area contributed by atoms with Crippen LogP contribution in [0.15, 0.2) is 24.3 Å². The standard InChI is InChI=1S/C15H18INO5/c1-9(2)13(15(20)21-4)17-14(19)11-7-5-6-8-12(11)16(17)22-10(3)18/h5-9,13H,1-4H3/t13-/m0/s1. The molecule has 0 saturated heterocycles. The summed E-state index contributed by atoms with van der Waals surface area (Å²) < 4.78 is 12.5. The molecule has 1 amide bonds. The summed E-state index contributed by atoms with van der Waals surface area (Å²) in [6.07, 6.45) is 0. The van der Waals surface area contributed by atoms with Crippen molar-refractivity contribution >= 4 is 38.4 Å². The van der Waals surface area contributed by atoms with E-state index < -0.39 is 38.5 Å². The Morgan fingerprint density at radius 3 is 2.41 bits per heavy atom. The average molecular weight is 419 g/mol. The third-order valence-corrected chi connectivity index (χ3v) is 8.09. The van der Waals surface area contributed by atoms with Crippen LogP contribution in [0.25, 0.3) is 0 Å². The maximum absolute atomic E-state index is 12.7. The molecule has 1 aliphatic heterocycles. The number of fused-ring (bicyclic) bond motifs is 1. The molecule has 0 bridgehead atoms. The predicted octanol–water partition coefficient (Wildman–Crippen LogP) is 2.41. The summed E-state index contributed by atoms with van der Waals surface area (Å²) in [5.74, 6) is -1.37. The number of hydrogen-bond donors (Lipinski definition) is 0. The number of hydrogen-bond acceptors (Lipinski definition) is 5. The van der Waals surface area contributed by atoms with E-state index in [-0.39, 0.29) is 11.8 Å². The van der Waals surface area contributed by atoms with Crippen molar-refractivity contribution in [1.29, 1.82) is 0 Å². The summed E-state index contributed by atoms with van der Waals surface area (Å²) in [6.45, 7) is 4.98. The van der Waals surface area contributed by atoms with Crippen LogP contribution in [0.5, 0.6) is 0 Å². The van der Waals surface area contributed by atoms with Gasteiger partial charge in [-0.3, -0.25) is 0 Å². The van der Waals surface area contributed by atoms with Gasteiger partial charge in [-0.05, 0) is 0 Å². The Bertz CT molecular complexity index is 616. The summed E-state index contributed by atoms with van der Waals surface area (Å²) in [7, 11) is 1.29. The van der Waals surface area contributed by atoms with Crippen LogP contribution in [-0.4, -0.2) is 34.1 Å². The van der Waals surface area contributed by atoms with Crippen molar-refractivity contribution in [3.63, 3.8) is 0 Å². The second-order valence-electron chi connectivity index (χ2n) is 5.11. The van der Waals surface area contributed by atoms with Gasteiger partial charge in [0.05, 0.1) is 0 Å². The van der Waals surface area contributed by atoms with Gasteiger partial charge >= 0.3 is 137 Å². The van der Waals surface area contributed by atoms with Crippen LogP contribution in [0.4, 0.5) is 0 Å². The number of carbonyl (C=O) groups is 3. The fourth-order valence-electron chi connectivity index (χ4n) is 2.21. The number of carbonyl (C=O) groups excluding carboxylic acids is 3. The van der Waals surface area contributed by atoms with Gasteiger partial charge in [-0.15, -0.1) is 0 Å². The topological polar surface area (TPSA) is 72.9 Å². The Morgan fingerprint density at radius 1 is 1.23 bits per heavy atom. The molecule has 1 aromatic carbocycles. The summed E-state index contributed by atoms with van der Waals surface area (Å²) in [5.41, 5.74) is 0.503. The van der Waals surface area contributed by atoms with Crippen molar-refractivity contribution in [2.24, 2.45) is 5.92 Å². The van der Waals surface area contributed by atoms with Gasteiger partial charge in [0.1, 0.15) is 0 Å². The fraction of sp³-hybridized carbons (Fsp3) is 0.400. The van der Waals surface area contributed by atoms with Crippen molar-refractivity contribution in [3.05, 3.63) is 33.4 Å². The van der Waals surface area contributed by atoms with Gasteiger partial charge in [0.15, 0.2) is 0 Å². The first kappa shape index (κ1) is 16.7. The van der Waals surface area contributed by atoms with Crippen LogP contribution < -0.4 is 0 Å². The molecule has 1 aliphatic rings. The maximum atomic E-state index is 12.7. The van der Waals surface area contributed by atoms with Gasteiger partial charge in [0.2, 0.25) is 0 Å². The third kappa shape index (κ3) is 2.94. The molecule has 1 atom stereocenters. The summed E-state index contributed by atoms with van der Waals surface area (Å²) in [4.78, 5) is 36.3. The van der Waals surface area contributed by atoms with E-state index in [1.54, 1.807) is 24.3 Å². The molecule has 0 unspecified atom stereocenters. The Labute approximate surface area is 137 Å². The molecule has 120 valence electrons. The minimum atomic E-state index is -2.77. The van der Waals surface area contributed by atoms with Gasteiger partial charge in [0.25, 0.3) is 0 Å². The Kier molecular flexibility index (Phi) is 5.05. The number of benzene rings is 1. The number of ether oxygens (including phenoxy) is 1. The Hall–Kier alpha value is -1.64. The second kappa shape index (κ2) is 6.64. The minimum absolute atomic E-state index is 0.152. The van der Waals surface area contributed by atoms with Gasteiger partial charge in [-0.2, -0.15) is 0 Å². The molecule has 1 heterocycles. The first-order valence-corrected chi connectivity index (χ1v) is 9.70. The number of amides is 1. The van der Waals surface area contributed by atoms with E-state index in [0.717, 1.165) is 3.57 Å². The number of rotatable bonds is 4. The molecule has 0 fully saturated rings. The van der Waals surface area contributed by atoms with Crippen molar-refractivity contribution < 1.29 is 22.2 Å². The Balaban J connectivity index is 2.50. The molecule has 0 aromatic heterocycles. The predicted molar refractivity (Wildman–Crippen MR) is 87.7 cm³/mol. The average Bonchev–Trinajstić information content (AvgIpc) is 2.73. The molecule has 0 radical (unpaired) electrons. The summed E-state index contributed by atoms with van der Waals surface area (Å²) in [6, 6.07) is 6.28. The third-order valence-electron chi connectivity index (χ3n) is 3.14. The SMILES string of the molecule is COC(=O)[C@H](C(C)C)N1C(=O)c2ccccc2I1OC(C)=O. The molecule has 7 heteroatoms. The first-order chi connectivity index (χ1) is 10.4. The molecule has 0 spiro atoms. The van der Waals surface area contributed by atoms with Crippen LogP contribution in [0, 0.1) is 9.49 Å². The monoisotopic (exact) mass is 419 g/mol.